The molecule has 2 N–H and O–H groups in total. The first-order valence-corrected chi connectivity index (χ1v) is 8.55. The summed E-state index contributed by atoms with van der Waals surface area (Å²) in [6.45, 7) is 3.02. The number of carbonyl (C=O) groups is 1. The summed E-state index contributed by atoms with van der Waals surface area (Å²) in [5, 5.41) is 5.92. The molecular formula is C20H18N4O3. The minimum atomic E-state index is -0.332. The molecule has 0 fully saturated rings. The van der Waals surface area contributed by atoms with Crippen LogP contribution in [-0.2, 0) is 0 Å². The lowest BCUT2D eigenvalue weighted by Gasteiger charge is -2.19. The molecule has 7 nitrogen and oxygen atoms in total. The smallest absolute Gasteiger partial charge is 0.274 e. The summed E-state index contributed by atoms with van der Waals surface area (Å²) in [4.78, 5) is 21.0. The molecule has 2 heterocycles. The summed E-state index contributed by atoms with van der Waals surface area (Å²) in [5.74, 6) is 1.31. The van der Waals surface area contributed by atoms with E-state index in [1.165, 1.54) is 0 Å². The van der Waals surface area contributed by atoms with Gasteiger partial charge in [0.25, 0.3) is 5.91 Å². The van der Waals surface area contributed by atoms with Crippen LogP contribution in [-0.4, -0.2) is 29.1 Å². The number of anilines is 3. The number of hydrogen-bond donors (Lipinski definition) is 2. The average molecular weight is 362 g/mol. The van der Waals surface area contributed by atoms with Gasteiger partial charge < -0.3 is 20.1 Å². The SMILES string of the molecule is Cc1cccc(Nc2nccc(C(=O)Nc3ccc4c(c3)OCCO4)n2)c1. The molecule has 2 aromatic carbocycles. The predicted molar refractivity (Wildman–Crippen MR) is 102 cm³/mol. The zero-order valence-corrected chi connectivity index (χ0v) is 14.7. The molecule has 1 amide bonds. The van der Waals surface area contributed by atoms with Crippen LogP contribution in [0.3, 0.4) is 0 Å². The molecule has 0 unspecified atom stereocenters. The first-order valence-electron chi connectivity index (χ1n) is 8.55. The zero-order valence-electron chi connectivity index (χ0n) is 14.7. The molecule has 0 bridgehead atoms. The molecular weight excluding hydrogens is 344 g/mol. The number of nitrogens with one attached hydrogen (secondary N) is 2. The number of hydrogen-bond acceptors (Lipinski definition) is 6. The van der Waals surface area contributed by atoms with E-state index in [1.54, 1.807) is 30.5 Å². The Morgan fingerprint density at radius 3 is 2.70 bits per heavy atom. The maximum Gasteiger partial charge on any atom is 0.274 e. The summed E-state index contributed by atoms with van der Waals surface area (Å²) >= 11 is 0. The molecule has 0 spiro atoms. The summed E-state index contributed by atoms with van der Waals surface area (Å²) < 4.78 is 11.0. The molecule has 0 saturated carbocycles. The van der Waals surface area contributed by atoms with Gasteiger partial charge in [0.15, 0.2) is 11.5 Å². The van der Waals surface area contributed by atoms with Crippen LogP contribution in [0, 0.1) is 6.92 Å². The first kappa shape index (κ1) is 16.8. The predicted octanol–water partition coefficient (Wildman–Crippen LogP) is 3.55. The summed E-state index contributed by atoms with van der Waals surface area (Å²) in [5.41, 5.74) is 2.85. The normalized spacial score (nSPS) is 12.3. The second-order valence-corrected chi connectivity index (χ2v) is 6.07. The van der Waals surface area contributed by atoms with Gasteiger partial charge in [0.2, 0.25) is 5.95 Å². The molecule has 27 heavy (non-hydrogen) atoms. The van der Waals surface area contributed by atoms with Gasteiger partial charge in [0, 0.05) is 23.6 Å². The third-order valence-corrected chi connectivity index (χ3v) is 3.96. The number of rotatable bonds is 4. The van der Waals surface area contributed by atoms with Crippen LogP contribution >= 0.6 is 0 Å². The first-order chi connectivity index (χ1) is 13.2. The Bertz CT molecular complexity index is 990. The van der Waals surface area contributed by atoms with Crippen molar-refractivity contribution in [1.82, 2.24) is 9.97 Å². The van der Waals surface area contributed by atoms with Crippen LogP contribution in [0.2, 0.25) is 0 Å². The van der Waals surface area contributed by atoms with Crippen LogP contribution in [0.15, 0.2) is 54.7 Å². The molecule has 4 rings (SSSR count). The Kier molecular flexibility index (Phi) is 4.57. The third kappa shape index (κ3) is 3.98. The van der Waals surface area contributed by atoms with E-state index in [0.717, 1.165) is 11.3 Å². The van der Waals surface area contributed by atoms with Crippen molar-refractivity contribution in [2.24, 2.45) is 0 Å². The van der Waals surface area contributed by atoms with Crippen molar-refractivity contribution < 1.29 is 14.3 Å². The molecule has 0 saturated heterocycles. The van der Waals surface area contributed by atoms with Crippen LogP contribution in [0.25, 0.3) is 0 Å². The van der Waals surface area contributed by atoms with Gasteiger partial charge in [-0.1, -0.05) is 12.1 Å². The summed E-state index contributed by atoms with van der Waals surface area (Å²) in [6, 6.07) is 14.7. The molecule has 1 aliphatic heterocycles. The number of amides is 1. The van der Waals surface area contributed by atoms with Crippen molar-refractivity contribution >= 4 is 23.2 Å². The topological polar surface area (TPSA) is 85.4 Å². The van der Waals surface area contributed by atoms with E-state index in [-0.39, 0.29) is 11.6 Å². The van der Waals surface area contributed by atoms with Crippen LogP contribution in [0.5, 0.6) is 11.5 Å². The fraction of sp³-hybridized carbons (Fsp3) is 0.150. The Morgan fingerprint density at radius 2 is 1.85 bits per heavy atom. The molecule has 3 aromatic rings. The van der Waals surface area contributed by atoms with Crippen molar-refractivity contribution in [3.63, 3.8) is 0 Å². The number of nitrogens with zero attached hydrogens (tertiary/aromatic N) is 2. The number of fused-ring (bicyclic) bond motifs is 1. The average Bonchev–Trinajstić information content (AvgIpc) is 2.68. The Balaban J connectivity index is 1.49. The largest absolute Gasteiger partial charge is 0.486 e. The van der Waals surface area contributed by atoms with Gasteiger partial charge in [0.05, 0.1) is 0 Å². The van der Waals surface area contributed by atoms with Crippen molar-refractivity contribution in [3.8, 4) is 11.5 Å². The van der Waals surface area contributed by atoms with Gasteiger partial charge in [0.1, 0.15) is 18.9 Å². The Labute approximate surface area is 156 Å². The van der Waals surface area contributed by atoms with Gasteiger partial charge in [-0.25, -0.2) is 9.97 Å². The number of carbonyl (C=O) groups excluding carboxylic acids is 1. The fourth-order valence-corrected chi connectivity index (χ4v) is 2.71. The van der Waals surface area contributed by atoms with Crippen molar-refractivity contribution in [1.29, 1.82) is 0 Å². The van der Waals surface area contributed by atoms with Gasteiger partial charge in [-0.2, -0.15) is 0 Å². The molecule has 0 atom stereocenters. The van der Waals surface area contributed by atoms with Crippen molar-refractivity contribution in [3.05, 3.63) is 66.0 Å². The highest BCUT2D eigenvalue weighted by Gasteiger charge is 2.14. The van der Waals surface area contributed by atoms with Gasteiger partial charge >= 0.3 is 0 Å². The lowest BCUT2D eigenvalue weighted by molar-refractivity contribution is 0.102. The van der Waals surface area contributed by atoms with E-state index in [9.17, 15) is 4.79 Å². The third-order valence-electron chi connectivity index (χ3n) is 3.96. The standard InChI is InChI=1S/C20H18N4O3/c1-13-3-2-4-14(11-13)23-20-21-8-7-16(24-20)19(25)22-15-5-6-17-18(12-15)27-10-9-26-17/h2-8,11-12H,9-10H2,1H3,(H,22,25)(H,21,23,24). The summed E-state index contributed by atoms with van der Waals surface area (Å²) in [6.07, 6.45) is 1.55. The molecule has 1 aromatic heterocycles. The second kappa shape index (κ2) is 7.33. The molecule has 7 heteroatoms. The number of aryl methyl sites for hydroxylation is 1. The lowest BCUT2D eigenvalue weighted by atomic mass is 10.2. The molecule has 136 valence electrons. The maximum atomic E-state index is 12.5. The van der Waals surface area contributed by atoms with E-state index in [1.807, 2.05) is 31.2 Å². The Morgan fingerprint density at radius 1 is 1.00 bits per heavy atom. The molecule has 0 radical (unpaired) electrons. The van der Waals surface area contributed by atoms with Gasteiger partial charge in [-0.05, 0) is 42.8 Å². The lowest BCUT2D eigenvalue weighted by Crippen LogP contribution is -2.17. The highest BCUT2D eigenvalue weighted by molar-refractivity contribution is 6.03. The number of benzene rings is 2. The van der Waals surface area contributed by atoms with Crippen LogP contribution < -0.4 is 20.1 Å². The summed E-state index contributed by atoms with van der Waals surface area (Å²) in [7, 11) is 0. The number of aromatic nitrogens is 2. The zero-order chi connectivity index (χ0) is 18.6. The minimum Gasteiger partial charge on any atom is -0.486 e. The van der Waals surface area contributed by atoms with Crippen LogP contribution in [0.1, 0.15) is 16.1 Å². The quantitative estimate of drug-likeness (QED) is 0.738. The number of ether oxygens (including phenoxy) is 2. The highest BCUT2D eigenvalue weighted by Crippen LogP contribution is 2.32. The fourth-order valence-electron chi connectivity index (χ4n) is 2.71. The monoisotopic (exact) mass is 362 g/mol. The van der Waals surface area contributed by atoms with E-state index in [0.29, 0.717) is 36.3 Å². The van der Waals surface area contributed by atoms with E-state index in [4.69, 9.17) is 9.47 Å². The maximum absolute atomic E-state index is 12.5. The van der Waals surface area contributed by atoms with E-state index >= 15 is 0 Å². The van der Waals surface area contributed by atoms with E-state index in [2.05, 4.69) is 20.6 Å². The van der Waals surface area contributed by atoms with Crippen LogP contribution in [0.4, 0.5) is 17.3 Å². The minimum absolute atomic E-state index is 0.259. The molecule has 1 aliphatic rings. The van der Waals surface area contributed by atoms with Gasteiger partial charge in [-0.15, -0.1) is 0 Å². The van der Waals surface area contributed by atoms with Crippen molar-refractivity contribution in [2.45, 2.75) is 6.92 Å². The second-order valence-electron chi connectivity index (χ2n) is 6.07. The van der Waals surface area contributed by atoms with Gasteiger partial charge in [-0.3, -0.25) is 4.79 Å². The highest BCUT2D eigenvalue weighted by atomic mass is 16.6. The Hall–Kier alpha value is -3.61. The molecule has 0 aliphatic carbocycles. The van der Waals surface area contributed by atoms with Crippen molar-refractivity contribution in [2.75, 3.05) is 23.8 Å². The van der Waals surface area contributed by atoms with E-state index < -0.39 is 0 Å².